The summed E-state index contributed by atoms with van der Waals surface area (Å²) in [5.41, 5.74) is 1.19. The Morgan fingerprint density at radius 3 is 2.73 bits per heavy atom. The lowest BCUT2D eigenvalue weighted by atomic mass is 10.3. The molecule has 0 spiro atoms. The van der Waals surface area contributed by atoms with E-state index >= 15 is 0 Å². The number of nitrogens with one attached hydrogen (secondary N) is 1. The van der Waals surface area contributed by atoms with Gasteiger partial charge in [-0.15, -0.1) is 5.10 Å². The van der Waals surface area contributed by atoms with Crippen LogP contribution in [0.1, 0.15) is 0 Å². The van der Waals surface area contributed by atoms with Crippen molar-refractivity contribution in [2.45, 2.75) is 10.7 Å². The van der Waals surface area contributed by atoms with Crippen LogP contribution in [0.15, 0.2) is 59.8 Å². The van der Waals surface area contributed by atoms with Gasteiger partial charge in [0.25, 0.3) is 11.7 Å². The summed E-state index contributed by atoms with van der Waals surface area (Å²) in [5.74, 6) is -2.36. The number of nitrogens with zero attached hydrogens (tertiary/aromatic N) is 4. The summed E-state index contributed by atoms with van der Waals surface area (Å²) in [6.07, 6.45) is 1.45. The first kappa shape index (κ1) is 17.8. The minimum Gasteiger partial charge on any atom is -0.484 e. The highest BCUT2D eigenvalue weighted by atomic mass is 32.2. The van der Waals surface area contributed by atoms with Gasteiger partial charge in [-0.05, 0) is 46.8 Å². The third-order valence-corrected chi connectivity index (χ3v) is 3.89. The normalized spacial score (nSPS) is 10.7. The fourth-order valence-corrected chi connectivity index (χ4v) is 2.56. The zero-order valence-corrected chi connectivity index (χ0v) is 14.1. The third kappa shape index (κ3) is 4.99. The smallest absolute Gasteiger partial charge is 0.288 e. The van der Waals surface area contributed by atoms with Crippen LogP contribution in [0, 0.1) is 0 Å². The van der Waals surface area contributed by atoms with Gasteiger partial charge in [-0.25, -0.2) is 4.68 Å². The molecule has 0 bridgehead atoms. The van der Waals surface area contributed by atoms with Crippen LogP contribution < -0.4 is 10.1 Å². The van der Waals surface area contributed by atoms with Crippen LogP contribution in [-0.2, 0) is 4.79 Å². The number of amides is 1. The largest absolute Gasteiger partial charge is 0.484 e. The number of tetrazole rings is 1. The highest BCUT2D eigenvalue weighted by Crippen LogP contribution is 2.26. The number of rotatable bonds is 7. The molecule has 26 heavy (non-hydrogen) atoms. The molecule has 1 heterocycles. The fraction of sp³-hybridized carbons (Fsp3) is 0.125. The number of carbonyl (C=O) groups is 1. The standard InChI is InChI=1S/C16H13F2N5O2S/c17-16(18)26-14-6-4-11(5-7-14)20-15(24)9-25-13-3-1-2-12(8-13)23-10-19-21-22-23/h1-8,10,16H,9H2,(H,20,24). The summed E-state index contributed by atoms with van der Waals surface area (Å²) in [6, 6.07) is 13.1. The summed E-state index contributed by atoms with van der Waals surface area (Å²) in [6.45, 7) is -0.202. The molecular weight excluding hydrogens is 364 g/mol. The molecule has 2 aromatic carbocycles. The summed E-state index contributed by atoms with van der Waals surface area (Å²) < 4.78 is 31.5. The van der Waals surface area contributed by atoms with Crippen molar-refractivity contribution >= 4 is 23.4 Å². The van der Waals surface area contributed by atoms with Gasteiger partial charge in [-0.3, -0.25) is 4.79 Å². The van der Waals surface area contributed by atoms with Gasteiger partial charge in [0.2, 0.25) is 0 Å². The first-order valence-corrected chi connectivity index (χ1v) is 8.29. The predicted molar refractivity (Wildman–Crippen MR) is 91.6 cm³/mol. The van der Waals surface area contributed by atoms with E-state index in [2.05, 4.69) is 20.8 Å². The molecule has 7 nitrogen and oxygen atoms in total. The molecule has 134 valence electrons. The Balaban J connectivity index is 1.53. The number of anilines is 1. The lowest BCUT2D eigenvalue weighted by Crippen LogP contribution is -2.20. The topological polar surface area (TPSA) is 81.9 Å². The fourth-order valence-electron chi connectivity index (χ4n) is 2.06. The molecule has 1 N–H and O–H groups in total. The Labute approximate surface area is 151 Å². The molecule has 0 saturated heterocycles. The van der Waals surface area contributed by atoms with Crippen molar-refractivity contribution in [1.82, 2.24) is 20.2 Å². The lowest BCUT2D eigenvalue weighted by Gasteiger charge is -2.09. The van der Waals surface area contributed by atoms with Gasteiger partial charge in [0.05, 0.1) is 5.69 Å². The number of halogens is 2. The number of aromatic nitrogens is 4. The molecule has 1 amide bonds. The summed E-state index contributed by atoms with van der Waals surface area (Å²) in [5, 5.41) is 13.5. The first-order chi connectivity index (χ1) is 12.6. The Hall–Kier alpha value is -3.01. The molecule has 0 saturated carbocycles. The van der Waals surface area contributed by atoms with Gasteiger partial charge in [0, 0.05) is 16.6 Å². The number of hydrogen-bond donors (Lipinski definition) is 1. The monoisotopic (exact) mass is 377 g/mol. The van der Waals surface area contributed by atoms with E-state index in [1.54, 1.807) is 36.4 Å². The second kappa shape index (κ2) is 8.39. The highest BCUT2D eigenvalue weighted by Gasteiger charge is 2.07. The summed E-state index contributed by atoms with van der Waals surface area (Å²) in [7, 11) is 0. The van der Waals surface area contributed by atoms with Crippen molar-refractivity contribution in [3.8, 4) is 11.4 Å². The van der Waals surface area contributed by atoms with Crippen molar-refractivity contribution < 1.29 is 18.3 Å². The Kier molecular flexibility index (Phi) is 5.74. The summed E-state index contributed by atoms with van der Waals surface area (Å²) in [4.78, 5) is 12.4. The van der Waals surface area contributed by atoms with Gasteiger partial charge in [-0.1, -0.05) is 17.8 Å². The molecule has 10 heteroatoms. The first-order valence-electron chi connectivity index (χ1n) is 7.41. The molecular formula is C16H13F2N5O2S. The summed E-state index contributed by atoms with van der Waals surface area (Å²) >= 11 is 0.447. The van der Waals surface area contributed by atoms with Crippen molar-refractivity contribution in [3.05, 3.63) is 54.9 Å². The molecule has 3 rings (SSSR count). The van der Waals surface area contributed by atoms with E-state index in [1.807, 2.05) is 0 Å². The molecule has 0 aliphatic carbocycles. The van der Waals surface area contributed by atoms with E-state index < -0.39 is 5.76 Å². The molecule has 0 radical (unpaired) electrons. The van der Waals surface area contributed by atoms with Gasteiger partial charge in [0.15, 0.2) is 6.61 Å². The van der Waals surface area contributed by atoms with Crippen molar-refractivity contribution in [1.29, 1.82) is 0 Å². The quantitative estimate of drug-likeness (QED) is 0.638. The molecule has 0 aliphatic rings. The van der Waals surface area contributed by atoms with E-state index in [1.165, 1.54) is 23.1 Å². The second-order valence-electron chi connectivity index (χ2n) is 4.99. The maximum absolute atomic E-state index is 12.3. The second-order valence-corrected chi connectivity index (χ2v) is 6.05. The molecule has 0 atom stereocenters. The van der Waals surface area contributed by atoms with E-state index in [0.717, 1.165) is 0 Å². The molecule has 0 unspecified atom stereocenters. The van der Waals surface area contributed by atoms with Gasteiger partial charge < -0.3 is 10.1 Å². The van der Waals surface area contributed by atoms with Crippen LogP contribution in [0.5, 0.6) is 5.75 Å². The third-order valence-electron chi connectivity index (χ3n) is 3.16. The zero-order chi connectivity index (χ0) is 18.4. The number of hydrogen-bond acceptors (Lipinski definition) is 6. The Morgan fingerprint density at radius 1 is 1.23 bits per heavy atom. The SMILES string of the molecule is O=C(COc1cccc(-n2cnnn2)c1)Nc1ccc(SC(F)F)cc1. The zero-order valence-electron chi connectivity index (χ0n) is 13.3. The average molecular weight is 377 g/mol. The van der Waals surface area contributed by atoms with Crippen LogP contribution in [0.25, 0.3) is 5.69 Å². The van der Waals surface area contributed by atoms with E-state index in [-0.39, 0.29) is 12.5 Å². The lowest BCUT2D eigenvalue weighted by molar-refractivity contribution is -0.118. The number of alkyl halides is 2. The number of carbonyl (C=O) groups excluding carboxylic acids is 1. The molecule has 0 fully saturated rings. The van der Waals surface area contributed by atoms with E-state index in [4.69, 9.17) is 4.74 Å². The van der Waals surface area contributed by atoms with Crippen LogP contribution in [0.4, 0.5) is 14.5 Å². The Morgan fingerprint density at radius 2 is 2.04 bits per heavy atom. The molecule has 0 aliphatic heterocycles. The van der Waals surface area contributed by atoms with Crippen LogP contribution >= 0.6 is 11.8 Å². The van der Waals surface area contributed by atoms with Crippen LogP contribution in [0.2, 0.25) is 0 Å². The average Bonchev–Trinajstić information content (AvgIpc) is 3.16. The number of thioether (sulfide) groups is 1. The maximum Gasteiger partial charge on any atom is 0.288 e. The van der Waals surface area contributed by atoms with E-state index in [9.17, 15) is 13.6 Å². The molecule has 3 aromatic rings. The minimum absolute atomic E-state index is 0.202. The minimum atomic E-state index is -2.48. The predicted octanol–water partition coefficient (Wildman–Crippen LogP) is 2.99. The van der Waals surface area contributed by atoms with Gasteiger partial charge in [0.1, 0.15) is 12.1 Å². The highest BCUT2D eigenvalue weighted by molar-refractivity contribution is 7.99. The number of benzene rings is 2. The molecule has 1 aromatic heterocycles. The Bertz CT molecular complexity index is 859. The van der Waals surface area contributed by atoms with Crippen molar-refractivity contribution in [2.75, 3.05) is 11.9 Å². The van der Waals surface area contributed by atoms with Crippen molar-refractivity contribution in [2.24, 2.45) is 0 Å². The van der Waals surface area contributed by atoms with Crippen molar-refractivity contribution in [3.63, 3.8) is 0 Å². The van der Waals surface area contributed by atoms with Crippen LogP contribution in [-0.4, -0.2) is 38.5 Å². The maximum atomic E-state index is 12.3. The van der Waals surface area contributed by atoms with Gasteiger partial charge in [-0.2, -0.15) is 8.78 Å². The van der Waals surface area contributed by atoms with Gasteiger partial charge >= 0.3 is 0 Å². The number of ether oxygens (including phenoxy) is 1. The van der Waals surface area contributed by atoms with Crippen LogP contribution in [0.3, 0.4) is 0 Å². The van der Waals surface area contributed by atoms with E-state index in [0.29, 0.717) is 33.8 Å².